The molecule has 0 rings (SSSR count). The van der Waals surface area contributed by atoms with Gasteiger partial charge in [-0.3, -0.25) is 7.91 Å². The van der Waals surface area contributed by atoms with Crippen LogP contribution in [-0.4, -0.2) is 36.5 Å². The summed E-state index contributed by atoms with van der Waals surface area (Å²) in [6.07, 6.45) is 0. The smallest absolute Gasteiger partial charge is 0.451 e. The highest BCUT2D eigenvalue weighted by molar-refractivity contribution is 14.1. The van der Waals surface area contributed by atoms with Gasteiger partial charge in [-0.1, -0.05) is 0 Å². The van der Waals surface area contributed by atoms with Gasteiger partial charge in [0.1, 0.15) is 6.54 Å². The lowest BCUT2D eigenvalue weighted by Crippen LogP contribution is -2.33. The zero-order valence-corrected chi connectivity index (χ0v) is 9.21. The predicted octanol–water partition coefficient (Wildman–Crippen LogP) is -0.870. The molecule has 0 aliphatic carbocycles. The van der Waals surface area contributed by atoms with Gasteiger partial charge in [-0.25, -0.2) is 4.57 Å². The van der Waals surface area contributed by atoms with Crippen LogP contribution in [0.25, 0.3) is 0 Å². The van der Waals surface area contributed by atoms with Crippen molar-refractivity contribution in [2.45, 2.75) is 0 Å². The van der Waals surface area contributed by atoms with Crippen LogP contribution in [0.3, 0.4) is 0 Å². The molecular formula is C3H7IN3O5P. The van der Waals surface area contributed by atoms with E-state index in [9.17, 15) is 9.36 Å². The quantitative estimate of drug-likeness (QED) is 0.174. The van der Waals surface area contributed by atoms with Crippen LogP contribution in [0.5, 0.6) is 0 Å². The van der Waals surface area contributed by atoms with E-state index in [0.717, 1.165) is 3.11 Å². The number of nitrogens with zero attached hydrogens (tertiary/aromatic N) is 2. The van der Waals surface area contributed by atoms with Crippen molar-refractivity contribution in [3.63, 3.8) is 0 Å². The largest absolute Gasteiger partial charge is 0.480 e. The molecule has 0 aliphatic rings. The van der Waals surface area contributed by atoms with Crippen LogP contribution >= 0.6 is 30.6 Å². The minimum absolute atomic E-state index is 0.490. The van der Waals surface area contributed by atoms with Crippen molar-refractivity contribution in [3.8, 4) is 0 Å². The number of hydrogen-bond donors (Lipinski definition) is 4. The summed E-state index contributed by atoms with van der Waals surface area (Å²) in [6.45, 7) is -0.490. The number of hydrogen-bond acceptors (Lipinski definition) is 2. The standard InChI is InChI=1S/C3H7IN3O5P/c4-7(1-2(8)9)3(5)6-13(10,11)12/h1H2,(H,8,9)(H4,5,6,10,11,12). The third kappa shape index (κ3) is 6.75. The molecule has 13 heavy (non-hydrogen) atoms. The Labute approximate surface area is 87.1 Å². The van der Waals surface area contributed by atoms with E-state index < -0.39 is 26.2 Å². The molecule has 0 unspecified atom stereocenters. The van der Waals surface area contributed by atoms with Crippen LogP contribution in [0.2, 0.25) is 0 Å². The molecule has 0 aromatic heterocycles. The zero-order valence-electron chi connectivity index (χ0n) is 6.16. The Balaban J connectivity index is 4.42. The maximum atomic E-state index is 10.3. The molecule has 0 radical (unpaired) electrons. The Kier molecular flexibility index (Phi) is 4.61. The molecule has 0 heterocycles. The van der Waals surface area contributed by atoms with Crippen LogP contribution in [-0.2, 0) is 9.36 Å². The van der Waals surface area contributed by atoms with Gasteiger partial charge in [0.2, 0.25) is 5.96 Å². The van der Waals surface area contributed by atoms with E-state index in [-0.39, 0.29) is 0 Å². The van der Waals surface area contributed by atoms with E-state index >= 15 is 0 Å². The summed E-state index contributed by atoms with van der Waals surface area (Å²) in [7, 11) is -4.60. The molecule has 0 fully saturated rings. The van der Waals surface area contributed by atoms with Crippen LogP contribution in [0.15, 0.2) is 4.76 Å². The number of halogens is 1. The molecule has 8 nitrogen and oxygen atoms in total. The molecule has 0 bridgehead atoms. The van der Waals surface area contributed by atoms with E-state index in [1.165, 1.54) is 22.9 Å². The molecule has 5 N–H and O–H groups in total. The Morgan fingerprint density at radius 1 is 1.62 bits per heavy atom. The molecule has 10 heteroatoms. The van der Waals surface area contributed by atoms with Crippen molar-refractivity contribution < 1.29 is 24.3 Å². The second kappa shape index (κ2) is 4.74. The van der Waals surface area contributed by atoms with Crippen molar-refractivity contribution in [2.24, 2.45) is 10.5 Å². The SMILES string of the molecule is NC(=NP(=O)(O)O)N(I)CC(=O)O. The van der Waals surface area contributed by atoms with Crippen LogP contribution < -0.4 is 5.73 Å². The van der Waals surface area contributed by atoms with E-state index in [2.05, 4.69) is 4.76 Å². The number of nitrogens with two attached hydrogens (primary N) is 1. The number of carbonyl (C=O) groups is 1. The van der Waals surface area contributed by atoms with E-state index in [1.54, 1.807) is 0 Å². The summed E-state index contributed by atoms with van der Waals surface area (Å²) < 4.78 is 13.9. The van der Waals surface area contributed by atoms with Crippen molar-refractivity contribution in [1.29, 1.82) is 0 Å². The first-order chi connectivity index (χ1) is 5.72. The summed E-state index contributed by atoms with van der Waals surface area (Å²) in [5, 5.41) is 8.28. The van der Waals surface area contributed by atoms with Gasteiger partial charge in [-0.2, -0.15) is 0 Å². The fourth-order valence-corrected chi connectivity index (χ4v) is 1.33. The van der Waals surface area contributed by atoms with Gasteiger partial charge in [0.15, 0.2) is 0 Å². The molecule has 0 amide bonds. The maximum Gasteiger partial charge on any atom is 0.451 e. The highest BCUT2D eigenvalue weighted by Crippen LogP contribution is 2.36. The zero-order chi connectivity index (χ0) is 10.6. The minimum Gasteiger partial charge on any atom is -0.480 e. The number of guanidine groups is 1. The molecule has 76 valence electrons. The third-order valence-electron chi connectivity index (χ3n) is 0.755. The topological polar surface area (TPSA) is 136 Å². The highest BCUT2D eigenvalue weighted by atomic mass is 127. The lowest BCUT2D eigenvalue weighted by Gasteiger charge is -2.12. The van der Waals surface area contributed by atoms with Gasteiger partial charge in [0, 0.05) is 0 Å². The Morgan fingerprint density at radius 2 is 2.08 bits per heavy atom. The van der Waals surface area contributed by atoms with Crippen molar-refractivity contribution in [3.05, 3.63) is 0 Å². The molecular weight excluding hydrogens is 316 g/mol. The molecule has 0 aromatic rings. The van der Waals surface area contributed by atoms with Crippen LogP contribution in [0.4, 0.5) is 0 Å². The van der Waals surface area contributed by atoms with Crippen LogP contribution in [0, 0.1) is 0 Å². The second-order valence-electron chi connectivity index (χ2n) is 1.89. The minimum atomic E-state index is -4.60. The normalized spacial score (nSPS) is 12.7. The monoisotopic (exact) mass is 323 g/mol. The maximum absolute atomic E-state index is 10.3. The molecule has 0 aliphatic heterocycles. The van der Waals surface area contributed by atoms with Crippen molar-refractivity contribution in [1.82, 2.24) is 3.11 Å². The lowest BCUT2D eigenvalue weighted by atomic mass is 10.6. The Bertz CT molecular complexity index is 274. The van der Waals surface area contributed by atoms with Crippen molar-refractivity contribution >= 4 is 42.5 Å². The highest BCUT2D eigenvalue weighted by Gasteiger charge is 2.15. The lowest BCUT2D eigenvalue weighted by molar-refractivity contribution is -0.136. The molecule has 0 saturated heterocycles. The number of carboxylic acids is 1. The summed E-state index contributed by atoms with van der Waals surface area (Å²) in [4.78, 5) is 26.8. The fourth-order valence-electron chi connectivity index (χ4n) is 0.382. The van der Waals surface area contributed by atoms with E-state index in [1.807, 2.05) is 0 Å². The summed E-state index contributed by atoms with van der Waals surface area (Å²) >= 11 is 1.48. The van der Waals surface area contributed by atoms with Crippen molar-refractivity contribution in [2.75, 3.05) is 6.54 Å². The molecule has 0 saturated carbocycles. The molecule has 0 spiro atoms. The first-order valence-electron chi connectivity index (χ1n) is 2.79. The van der Waals surface area contributed by atoms with Gasteiger partial charge in [-0.05, 0) is 0 Å². The first-order valence-corrected chi connectivity index (χ1v) is 5.32. The number of carboxylic acid groups (broad SMARTS) is 1. The molecule has 0 aromatic carbocycles. The average molecular weight is 323 g/mol. The predicted molar refractivity (Wildman–Crippen MR) is 52.0 cm³/mol. The van der Waals surface area contributed by atoms with Gasteiger partial charge in [0.05, 0.1) is 22.9 Å². The summed E-state index contributed by atoms with van der Waals surface area (Å²) in [5.41, 5.74) is 5.06. The number of rotatable bonds is 3. The fraction of sp³-hybridized carbons (Fsp3) is 0.333. The number of aliphatic carboxylic acids is 1. The Morgan fingerprint density at radius 3 is 2.38 bits per heavy atom. The van der Waals surface area contributed by atoms with E-state index in [0.29, 0.717) is 0 Å². The van der Waals surface area contributed by atoms with Gasteiger partial charge < -0.3 is 20.6 Å². The van der Waals surface area contributed by atoms with Gasteiger partial charge in [-0.15, -0.1) is 4.76 Å². The van der Waals surface area contributed by atoms with E-state index in [4.69, 9.17) is 20.6 Å². The third-order valence-corrected chi connectivity index (χ3v) is 2.06. The van der Waals surface area contributed by atoms with Gasteiger partial charge in [0.25, 0.3) is 0 Å². The van der Waals surface area contributed by atoms with Gasteiger partial charge >= 0.3 is 13.7 Å². The second-order valence-corrected chi connectivity index (χ2v) is 4.28. The average Bonchev–Trinajstić information content (AvgIpc) is 1.81. The summed E-state index contributed by atoms with van der Waals surface area (Å²) in [5.74, 6) is -1.71. The molecule has 0 atom stereocenters. The Hall–Kier alpha value is -0.380. The van der Waals surface area contributed by atoms with Crippen LogP contribution in [0.1, 0.15) is 0 Å². The summed E-state index contributed by atoms with van der Waals surface area (Å²) in [6, 6.07) is 0. The first kappa shape index (κ1) is 12.6.